The highest BCUT2D eigenvalue weighted by molar-refractivity contribution is 6.10. The molecule has 10 rings (SSSR count). The van der Waals surface area contributed by atoms with Gasteiger partial charge in [0, 0.05) is 33.0 Å². The number of aromatic nitrogens is 4. The average Bonchev–Trinajstić information content (AvgIpc) is 3.29. The fraction of sp³-hybridized carbons (Fsp3) is 0. The molecule has 0 saturated carbocycles. The number of hydrogen-bond donors (Lipinski definition) is 0. The molecule has 8 aromatic carbocycles. The van der Waals surface area contributed by atoms with Crippen molar-refractivity contribution in [1.82, 2.24) is 19.9 Å². The number of nitrogens with zero attached hydrogens (tertiary/aromatic N) is 4. The summed E-state index contributed by atoms with van der Waals surface area (Å²) in [6.07, 6.45) is 0. The van der Waals surface area contributed by atoms with Crippen LogP contribution in [0.4, 0.5) is 0 Å². The Bertz CT molecular complexity index is 2940. The van der Waals surface area contributed by atoms with Gasteiger partial charge in [-0.05, 0) is 69.1 Å². The van der Waals surface area contributed by atoms with Gasteiger partial charge in [0.15, 0.2) is 17.5 Å². The minimum Gasteiger partial charge on any atom is -0.247 e. The Labute approximate surface area is 325 Å². The first-order valence-electron chi connectivity index (χ1n) is 18.8. The van der Waals surface area contributed by atoms with Gasteiger partial charge in [0.2, 0.25) is 0 Å². The molecule has 0 fully saturated rings. The van der Waals surface area contributed by atoms with E-state index < -0.39 is 0 Å². The van der Waals surface area contributed by atoms with Crippen LogP contribution in [0.3, 0.4) is 0 Å². The number of pyridine rings is 1. The van der Waals surface area contributed by atoms with Crippen LogP contribution in [-0.4, -0.2) is 19.9 Å². The van der Waals surface area contributed by atoms with Gasteiger partial charge in [-0.15, -0.1) is 0 Å². The highest BCUT2D eigenvalue weighted by atomic mass is 15.0. The quantitative estimate of drug-likeness (QED) is 0.154. The fourth-order valence-corrected chi connectivity index (χ4v) is 7.48. The zero-order valence-corrected chi connectivity index (χ0v) is 30.4. The summed E-state index contributed by atoms with van der Waals surface area (Å²) in [5.74, 6) is 1.88. The summed E-state index contributed by atoms with van der Waals surface area (Å²) < 4.78 is 0. The van der Waals surface area contributed by atoms with E-state index in [1.807, 2.05) is 60.7 Å². The smallest absolute Gasteiger partial charge is 0.164 e. The van der Waals surface area contributed by atoms with Crippen LogP contribution in [0.5, 0.6) is 0 Å². The molecular formula is C52H34N4. The van der Waals surface area contributed by atoms with Crippen LogP contribution in [-0.2, 0) is 0 Å². The third kappa shape index (κ3) is 6.40. The molecule has 4 heteroatoms. The Balaban J connectivity index is 1.14. The van der Waals surface area contributed by atoms with Gasteiger partial charge in [-0.1, -0.05) is 176 Å². The first-order valence-corrected chi connectivity index (χ1v) is 18.8. The molecule has 0 aliphatic heterocycles. The minimum absolute atomic E-state index is 0.614. The van der Waals surface area contributed by atoms with E-state index in [1.165, 1.54) is 10.9 Å². The lowest BCUT2D eigenvalue weighted by molar-refractivity contribution is 1.07. The molecule has 0 unspecified atom stereocenters. The fourth-order valence-electron chi connectivity index (χ4n) is 7.48. The maximum absolute atomic E-state index is 5.16. The van der Waals surface area contributed by atoms with Crippen molar-refractivity contribution < 1.29 is 0 Å². The molecule has 0 atom stereocenters. The zero-order chi connectivity index (χ0) is 37.3. The number of rotatable bonds is 7. The lowest BCUT2D eigenvalue weighted by Gasteiger charge is -2.14. The molecule has 262 valence electrons. The highest BCUT2D eigenvalue weighted by Gasteiger charge is 2.16. The summed E-state index contributed by atoms with van der Waals surface area (Å²) in [5, 5.41) is 3.50. The lowest BCUT2D eigenvalue weighted by Crippen LogP contribution is -2.00. The number of para-hydroxylation sites is 1. The Morgan fingerprint density at radius 1 is 0.214 bits per heavy atom. The van der Waals surface area contributed by atoms with Crippen LogP contribution in [0.2, 0.25) is 0 Å². The van der Waals surface area contributed by atoms with Crippen molar-refractivity contribution in [2.75, 3.05) is 0 Å². The van der Waals surface area contributed by atoms with E-state index in [0.29, 0.717) is 17.5 Å². The predicted octanol–water partition coefficient (Wildman–Crippen LogP) is 13.2. The van der Waals surface area contributed by atoms with Gasteiger partial charge >= 0.3 is 0 Å². The second-order valence-corrected chi connectivity index (χ2v) is 13.9. The van der Waals surface area contributed by atoms with Gasteiger partial charge in [0.1, 0.15) is 0 Å². The van der Waals surface area contributed by atoms with Crippen molar-refractivity contribution in [1.29, 1.82) is 0 Å². The van der Waals surface area contributed by atoms with Crippen molar-refractivity contribution in [3.05, 3.63) is 206 Å². The van der Waals surface area contributed by atoms with Gasteiger partial charge in [0.05, 0.1) is 11.2 Å². The molecule has 0 aliphatic carbocycles. The van der Waals surface area contributed by atoms with E-state index in [9.17, 15) is 0 Å². The highest BCUT2D eigenvalue weighted by Crippen LogP contribution is 2.37. The van der Waals surface area contributed by atoms with E-state index in [4.69, 9.17) is 19.9 Å². The normalized spacial score (nSPS) is 11.2. The molecule has 0 amide bonds. The summed E-state index contributed by atoms with van der Waals surface area (Å²) in [5.41, 5.74) is 12.5. The first kappa shape index (κ1) is 33.0. The average molecular weight is 715 g/mol. The van der Waals surface area contributed by atoms with Gasteiger partial charge in [-0.3, -0.25) is 0 Å². The van der Waals surface area contributed by atoms with Crippen molar-refractivity contribution in [3.8, 4) is 78.8 Å². The van der Waals surface area contributed by atoms with Crippen LogP contribution in [0.25, 0.3) is 100 Å². The molecule has 4 nitrogen and oxygen atoms in total. The predicted molar refractivity (Wildman–Crippen MR) is 231 cm³/mol. The molecule has 10 aromatic rings. The van der Waals surface area contributed by atoms with Crippen molar-refractivity contribution >= 4 is 21.7 Å². The minimum atomic E-state index is 0.614. The molecule has 56 heavy (non-hydrogen) atoms. The molecule has 0 saturated heterocycles. The summed E-state index contributed by atoms with van der Waals surface area (Å²) in [7, 11) is 0. The Kier molecular flexibility index (Phi) is 8.47. The zero-order valence-electron chi connectivity index (χ0n) is 30.4. The van der Waals surface area contributed by atoms with Crippen LogP contribution in [0.15, 0.2) is 206 Å². The second kappa shape index (κ2) is 14.3. The molecule has 2 aromatic heterocycles. The van der Waals surface area contributed by atoms with E-state index in [0.717, 1.165) is 72.1 Å². The largest absolute Gasteiger partial charge is 0.247 e. The van der Waals surface area contributed by atoms with Gasteiger partial charge in [-0.2, -0.15) is 0 Å². The summed E-state index contributed by atoms with van der Waals surface area (Å²) in [6.45, 7) is 0. The van der Waals surface area contributed by atoms with Crippen molar-refractivity contribution in [2.24, 2.45) is 0 Å². The van der Waals surface area contributed by atoms with E-state index in [-0.39, 0.29) is 0 Å². The van der Waals surface area contributed by atoms with Gasteiger partial charge in [0.25, 0.3) is 0 Å². The Hall–Kier alpha value is -7.56. The Morgan fingerprint density at radius 2 is 0.607 bits per heavy atom. The number of fused-ring (bicyclic) bond motifs is 3. The van der Waals surface area contributed by atoms with E-state index in [1.54, 1.807) is 0 Å². The van der Waals surface area contributed by atoms with Crippen LogP contribution >= 0.6 is 0 Å². The topological polar surface area (TPSA) is 51.6 Å². The molecule has 0 radical (unpaired) electrons. The Morgan fingerprint density at radius 3 is 1.23 bits per heavy atom. The molecule has 0 bridgehead atoms. The molecule has 0 N–H and O–H groups in total. The van der Waals surface area contributed by atoms with Crippen LogP contribution < -0.4 is 0 Å². The molecule has 2 heterocycles. The monoisotopic (exact) mass is 714 g/mol. The maximum atomic E-state index is 5.16. The molecule has 0 spiro atoms. The molecular weight excluding hydrogens is 681 g/mol. The van der Waals surface area contributed by atoms with Gasteiger partial charge < -0.3 is 0 Å². The third-order valence-electron chi connectivity index (χ3n) is 10.3. The van der Waals surface area contributed by atoms with E-state index >= 15 is 0 Å². The van der Waals surface area contributed by atoms with Crippen molar-refractivity contribution in [3.63, 3.8) is 0 Å². The third-order valence-corrected chi connectivity index (χ3v) is 10.3. The first-order chi connectivity index (χ1) is 27.7. The standard InChI is InChI=1S/C52H34N4/c1-4-15-35(16-5-1)40-21-14-22-41(31-40)43-32-42(36-27-29-37(30-28-36)49-47-25-11-10-23-45(47)46-24-12-13-26-48(46)53-49)33-44(34-43)52-55-50(38-17-6-2-7-18-38)54-51(56-52)39-19-8-3-9-20-39/h1-34H. The lowest BCUT2D eigenvalue weighted by atomic mass is 9.93. The van der Waals surface area contributed by atoms with E-state index in [2.05, 4.69) is 146 Å². The van der Waals surface area contributed by atoms with Crippen LogP contribution in [0, 0.1) is 0 Å². The maximum Gasteiger partial charge on any atom is 0.164 e. The summed E-state index contributed by atoms with van der Waals surface area (Å²) >= 11 is 0. The SMILES string of the molecule is c1ccc(-c2cccc(-c3cc(-c4ccc(-c5nc6ccccc6c6ccccc56)cc4)cc(-c4nc(-c5ccccc5)nc(-c5ccccc5)n4)c3)c2)cc1. The van der Waals surface area contributed by atoms with Gasteiger partial charge in [-0.25, -0.2) is 19.9 Å². The summed E-state index contributed by atoms with van der Waals surface area (Å²) in [4.78, 5) is 20.3. The molecule has 0 aliphatic rings. The summed E-state index contributed by atoms with van der Waals surface area (Å²) in [6, 6.07) is 71.8. The number of benzene rings is 8. The van der Waals surface area contributed by atoms with Crippen molar-refractivity contribution in [2.45, 2.75) is 0 Å². The number of hydrogen-bond acceptors (Lipinski definition) is 4. The second-order valence-electron chi connectivity index (χ2n) is 13.9. The van der Waals surface area contributed by atoms with Crippen LogP contribution in [0.1, 0.15) is 0 Å².